The zero-order chi connectivity index (χ0) is 12.3. The van der Waals surface area contributed by atoms with Gasteiger partial charge in [0.05, 0.1) is 19.8 Å². The third kappa shape index (κ3) is 2.71. The number of nitrogens with zero attached hydrogens (tertiary/aromatic N) is 1. The van der Waals surface area contributed by atoms with E-state index in [1.807, 2.05) is 12.3 Å². The van der Waals surface area contributed by atoms with Gasteiger partial charge in [-0.15, -0.1) is 11.3 Å². The summed E-state index contributed by atoms with van der Waals surface area (Å²) in [6, 6.07) is 0. The molecule has 0 spiro atoms. The smallest absolute Gasteiger partial charge is 0.210 e. The first-order valence-electron chi connectivity index (χ1n) is 5.42. The molecule has 5 nitrogen and oxygen atoms in total. The Labute approximate surface area is 104 Å². The number of carbonyl (C=O) groups excluding carboxylic acids is 1. The second-order valence-electron chi connectivity index (χ2n) is 3.85. The van der Waals surface area contributed by atoms with E-state index >= 15 is 0 Å². The van der Waals surface area contributed by atoms with Crippen LogP contribution in [0.5, 0.6) is 0 Å². The van der Waals surface area contributed by atoms with E-state index in [0.717, 1.165) is 0 Å². The highest BCUT2D eigenvalue weighted by atomic mass is 32.1. The highest BCUT2D eigenvalue weighted by Gasteiger charge is 2.36. The molecule has 0 aromatic carbocycles. The second-order valence-corrected chi connectivity index (χ2v) is 4.70. The van der Waals surface area contributed by atoms with Crippen molar-refractivity contribution in [3.63, 3.8) is 0 Å². The molecule has 0 bridgehead atoms. The number of hydrogen-bond acceptors (Lipinski definition) is 6. The number of aromatic nitrogens is 1. The third-order valence-electron chi connectivity index (χ3n) is 2.58. The van der Waals surface area contributed by atoms with Gasteiger partial charge in [0.15, 0.2) is 10.8 Å². The van der Waals surface area contributed by atoms with Crippen LogP contribution in [-0.2, 0) is 20.0 Å². The summed E-state index contributed by atoms with van der Waals surface area (Å²) in [5.74, 6) is -0.805. The van der Waals surface area contributed by atoms with Gasteiger partial charge in [-0.3, -0.25) is 4.79 Å². The van der Waals surface area contributed by atoms with Gasteiger partial charge in [0, 0.05) is 18.9 Å². The molecular formula is C11H15NO4S. The Morgan fingerprint density at radius 1 is 1.59 bits per heavy atom. The fraction of sp³-hybridized carbons (Fsp3) is 0.636. The first-order valence-corrected chi connectivity index (χ1v) is 6.30. The molecule has 1 fully saturated rings. The Balaban J connectivity index is 2.07. The van der Waals surface area contributed by atoms with Crippen LogP contribution in [0.15, 0.2) is 5.38 Å². The molecule has 1 aliphatic rings. The van der Waals surface area contributed by atoms with Crippen molar-refractivity contribution in [2.24, 2.45) is 0 Å². The van der Waals surface area contributed by atoms with Crippen LogP contribution in [-0.4, -0.2) is 37.7 Å². The predicted molar refractivity (Wildman–Crippen MR) is 62.2 cm³/mol. The summed E-state index contributed by atoms with van der Waals surface area (Å²) in [5.41, 5.74) is 0.667. The number of ketones is 1. The zero-order valence-corrected chi connectivity index (χ0v) is 10.7. The molecule has 94 valence electrons. The molecule has 1 aliphatic heterocycles. The minimum atomic E-state index is -0.795. The Morgan fingerprint density at radius 2 is 2.29 bits per heavy atom. The lowest BCUT2D eigenvalue weighted by Crippen LogP contribution is -2.23. The zero-order valence-electron chi connectivity index (χ0n) is 9.89. The van der Waals surface area contributed by atoms with Crippen molar-refractivity contribution in [3.05, 3.63) is 16.1 Å². The van der Waals surface area contributed by atoms with Gasteiger partial charge in [0.25, 0.3) is 0 Å². The van der Waals surface area contributed by atoms with Crippen molar-refractivity contribution in [3.8, 4) is 0 Å². The van der Waals surface area contributed by atoms with Gasteiger partial charge in [-0.1, -0.05) is 0 Å². The Hall–Kier alpha value is -0.820. The van der Waals surface area contributed by atoms with Crippen LogP contribution in [0.4, 0.5) is 0 Å². The molecule has 0 atom stereocenters. The summed E-state index contributed by atoms with van der Waals surface area (Å²) < 4.78 is 15.8. The van der Waals surface area contributed by atoms with Crippen LogP contribution < -0.4 is 0 Å². The number of Topliss-reactive ketones (excluding diaryl/α,β-unsaturated/α-hetero) is 1. The van der Waals surface area contributed by atoms with E-state index in [1.54, 1.807) is 7.11 Å². The largest absolute Gasteiger partial charge is 0.384 e. The summed E-state index contributed by atoms with van der Waals surface area (Å²) >= 11 is 1.32. The lowest BCUT2D eigenvalue weighted by atomic mass is 10.2. The number of methoxy groups -OCH3 is 1. The topological polar surface area (TPSA) is 57.7 Å². The van der Waals surface area contributed by atoms with Gasteiger partial charge in [-0.2, -0.15) is 0 Å². The normalized spacial score (nSPS) is 18.5. The van der Waals surface area contributed by atoms with Crippen LogP contribution in [0.1, 0.15) is 28.8 Å². The fourth-order valence-electron chi connectivity index (χ4n) is 1.57. The van der Waals surface area contributed by atoms with Gasteiger partial charge < -0.3 is 14.2 Å². The van der Waals surface area contributed by atoms with Crippen molar-refractivity contribution in [1.82, 2.24) is 4.98 Å². The maximum absolute atomic E-state index is 11.7. The Morgan fingerprint density at radius 3 is 2.94 bits per heavy atom. The molecule has 1 saturated heterocycles. The summed E-state index contributed by atoms with van der Waals surface area (Å²) in [4.78, 5) is 16.0. The number of thiazole rings is 1. The monoisotopic (exact) mass is 257 g/mol. The van der Waals surface area contributed by atoms with Crippen molar-refractivity contribution in [2.45, 2.75) is 19.1 Å². The predicted octanol–water partition coefficient (Wildman–Crippen LogP) is 1.58. The molecule has 0 unspecified atom stereocenters. The fourth-order valence-corrected chi connectivity index (χ4v) is 2.45. The van der Waals surface area contributed by atoms with Gasteiger partial charge in [-0.25, -0.2) is 4.98 Å². The van der Waals surface area contributed by atoms with E-state index in [1.165, 1.54) is 11.3 Å². The molecule has 17 heavy (non-hydrogen) atoms. The standard InChI is InChI=1S/C11H15NO4S/c1-11(15-5-6-16-11)9-7-17-10(12-9)8(13)3-4-14-2/h7H,3-6H2,1-2H3. The van der Waals surface area contributed by atoms with Crippen molar-refractivity contribution < 1.29 is 19.0 Å². The molecule has 0 aliphatic carbocycles. The summed E-state index contributed by atoms with van der Waals surface area (Å²) in [7, 11) is 1.57. The SMILES string of the molecule is COCCC(=O)c1nc(C2(C)OCCO2)cs1. The lowest BCUT2D eigenvalue weighted by molar-refractivity contribution is -0.152. The van der Waals surface area contributed by atoms with Gasteiger partial charge in [0.2, 0.25) is 5.79 Å². The van der Waals surface area contributed by atoms with Gasteiger partial charge >= 0.3 is 0 Å². The summed E-state index contributed by atoms with van der Waals surface area (Å²) in [5, 5.41) is 2.29. The first-order chi connectivity index (χ1) is 8.15. The number of ether oxygens (including phenoxy) is 3. The van der Waals surface area contributed by atoms with Crippen molar-refractivity contribution >= 4 is 17.1 Å². The summed E-state index contributed by atoms with van der Waals surface area (Å²) in [6.45, 7) is 3.35. The molecule has 1 aromatic heterocycles. The third-order valence-corrected chi connectivity index (χ3v) is 3.46. The van der Waals surface area contributed by atoms with Crippen molar-refractivity contribution in [2.75, 3.05) is 26.9 Å². The van der Waals surface area contributed by atoms with E-state index in [4.69, 9.17) is 14.2 Å². The molecule has 2 rings (SSSR count). The summed E-state index contributed by atoms with van der Waals surface area (Å²) in [6.07, 6.45) is 0.349. The Bertz CT molecular complexity index is 398. The molecule has 0 saturated carbocycles. The first kappa shape index (κ1) is 12.6. The van der Waals surface area contributed by atoms with Crippen LogP contribution in [0.25, 0.3) is 0 Å². The molecular weight excluding hydrogens is 242 g/mol. The number of rotatable bonds is 5. The molecule has 0 N–H and O–H groups in total. The highest BCUT2D eigenvalue weighted by Crippen LogP contribution is 2.31. The van der Waals surface area contributed by atoms with Crippen LogP contribution in [0.2, 0.25) is 0 Å². The van der Waals surface area contributed by atoms with E-state index in [0.29, 0.717) is 36.9 Å². The van der Waals surface area contributed by atoms with Crippen LogP contribution >= 0.6 is 11.3 Å². The van der Waals surface area contributed by atoms with E-state index in [-0.39, 0.29) is 5.78 Å². The van der Waals surface area contributed by atoms with E-state index in [9.17, 15) is 4.79 Å². The average Bonchev–Trinajstić information content (AvgIpc) is 2.95. The number of carbonyl (C=O) groups is 1. The molecule has 1 aromatic rings. The minimum absolute atomic E-state index is 0.00954. The second kappa shape index (κ2) is 5.22. The van der Waals surface area contributed by atoms with Crippen molar-refractivity contribution in [1.29, 1.82) is 0 Å². The maximum atomic E-state index is 11.7. The maximum Gasteiger partial charge on any atom is 0.210 e. The molecule has 2 heterocycles. The highest BCUT2D eigenvalue weighted by molar-refractivity contribution is 7.11. The number of hydrogen-bond donors (Lipinski definition) is 0. The van der Waals surface area contributed by atoms with Crippen LogP contribution in [0, 0.1) is 0 Å². The molecule has 0 amide bonds. The quantitative estimate of drug-likeness (QED) is 0.750. The Kier molecular flexibility index (Phi) is 3.88. The lowest BCUT2D eigenvalue weighted by Gasteiger charge is -2.19. The minimum Gasteiger partial charge on any atom is -0.384 e. The molecule has 6 heteroatoms. The molecule has 0 radical (unpaired) electrons. The van der Waals surface area contributed by atoms with Gasteiger partial charge in [0.1, 0.15) is 5.69 Å². The van der Waals surface area contributed by atoms with Gasteiger partial charge in [-0.05, 0) is 6.92 Å². The average molecular weight is 257 g/mol. The van der Waals surface area contributed by atoms with Crippen LogP contribution in [0.3, 0.4) is 0 Å². The van der Waals surface area contributed by atoms with E-state index < -0.39 is 5.79 Å². The van der Waals surface area contributed by atoms with E-state index in [2.05, 4.69) is 4.98 Å².